The van der Waals surface area contributed by atoms with Crippen molar-refractivity contribution in [3.8, 4) is 17.2 Å². The van der Waals surface area contributed by atoms with Crippen LogP contribution in [0, 0.1) is 0 Å². The minimum atomic E-state index is -1.96. The summed E-state index contributed by atoms with van der Waals surface area (Å²) in [7, 11) is 1.33. The minimum absolute atomic E-state index is 0. The van der Waals surface area contributed by atoms with Gasteiger partial charge in [0.15, 0.2) is 11.6 Å². The highest BCUT2D eigenvalue weighted by molar-refractivity contribution is 6.31. The van der Waals surface area contributed by atoms with E-state index in [-0.39, 0.29) is 52.6 Å². The van der Waals surface area contributed by atoms with Crippen LogP contribution >= 0.6 is 12.4 Å². The lowest BCUT2D eigenvalue weighted by atomic mass is 9.72. The van der Waals surface area contributed by atoms with Crippen LogP contribution in [0.2, 0.25) is 0 Å². The molecule has 5 rings (SSSR count). The maximum Gasteiger partial charge on any atom is 0.202 e. The number of aliphatic hydroxyl groups is 3. The van der Waals surface area contributed by atoms with E-state index in [1.54, 1.807) is 0 Å². The van der Waals surface area contributed by atoms with Gasteiger partial charge in [-0.15, -0.1) is 12.4 Å². The highest BCUT2D eigenvalue weighted by Crippen LogP contribution is 2.50. The summed E-state index contributed by atoms with van der Waals surface area (Å²) >= 11 is 0. The third-order valence-corrected chi connectivity index (χ3v) is 7.50. The predicted octanol–water partition coefficient (Wildman–Crippen LogP) is 1.09. The van der Waals surface area contributed by atoms with Gasteiger partial charge in [-0.1, -0.05) is 12.1 Å². The molecule has 2 aromatic rings. The smallest absolute Gasteiger partial charge is 0.202 e. The van der Waals surface area contributed by atoms with Crippen LogP contribution in [0.5, 0.6) is 17.2 Å². The summed E-state index contributed by atoms with van der Waals surface area (Å²) in [4.78, 5) is 38.1. The van der Waals surface area contributed by atoms with Gasteiger partial charge < -0.3 is 40.7 Å². The Hall–Kier alpha value is -3.06. The topological polar surface area (TPSA) is 197 Å². The second-order valence-corrected chi connectivity index (χ2v) is 9.88. The van der Waals surface area contributed by atoms with Crippen LogP contribution in [-0.4, -0.2) is 80.4 Å². The molecule has 2 aromatic carbocycles. The van der Waals surface area contributed by atoms with Gasteiger partial charge in [-0.05, 0) is 26.3 Å². The average molecular weight is 566 g/mol. The molecule has 0 saturated carbocycles. The van der Waals surface area contributed by atoms with Crippen LogP contribution in [-0.2, 0) is 16.0 Å². The number of Topliss-reactive ketones (excluding diaryl/α,β-unsaturated/α-hetero) is 1. The van der Waals surface area contributed by atoms with Crippen molar-refractivity contribution in [1.29, 1.82) is 0 Å². The van der Waals surface area contributed by atoms with Crippen molar-refractivity contribution in [2.45, 2.75) is 63.1 Å². The van der Waals surface area contributed by atoms with Gasteiger partial charge in [-0.3, -0.25) is 14.4 Å². The molecule has 0 aromatic heterocycles. The van der Waals surface area contributed by atoms with E-state index in [4.69, 9.17) is 15.2 Å². The zero-order chi connectivity index (χ0) is 28.1. The molecule has 0 bridgehead atoms. The maximum atomic E-state index is 13.1. The number of methoxy groups -OCH3 is 1. The first-order valence-electron chi connectivity index (χ1n) is 12.2. The zero-order valence-corrected chi connectivity index (χ0v) is 22.4. The summed E-state index contributed by atoms with van der Waals surface area (Å²) in [6.07, 6.45) is -2.14. The molecule has 0 unspecified atom stereocenters. The Balaban J connectivity index is 0.000000359. The van der Waals surface area contributed by atoms with Crippen molar-refractivity contribution in [3.63, 3.8) is 0 Å². The van der Waals surface area contributed by atoms with Crippen LogP contribution < -0.4 is 10.5 Å². The van der Waals surface area contributed by atoms with Crippen LogP contribution in [0.25, 0.3) is 0 Å². The number of nitrogens with two attached hydrogens (primary N) is 1. The van der Waals surface area contributed by atoms with Crippen LogP contribution in [0.1, 0.15) is 75.8 Å². The Labute approximate surface area is 230 Å². The first-order valence-corrected chi connectivity index (χ1v) is 12.2. The third kappa shape index (κ3) is 5.02. The molecule has 11 nitrogen and oxygen atoms in total. The van der Waals surface area contributed by atoms with Gasteiger partial charge in [-0.25, -0.2) is 0 Å². The minimum Gasteiger partial charge on any atom is -0.507 e. The molecule has 7 N–H and O–H groups in total. The quantitative estimate of drug-likeness (QED) is 0.243. The van der Waals surface area contributed by atoms with Gasteiger partial charge in [0.2, 0.25) is 5.78 Å². The fraction of sp³-hybridized carbons (Fsp3) is 0.444. The Morgan fingerprint density at radius 3 is 2.31 bits per heavy atom. The van der Waals surface area contributed by atoms with E-state index in [1.807, 2.05) is 6.92 Å². The number of ether oxygens (including phenoxy) is 2. The fourth-order valence-electron chi connectivity index (χ4n) is 5.22. The molecular weight excluding hydrogens is 534 g/mol. The molecule has 1 aliphatic heterocycles. The lowest BCUT2D eigenvalue weighted by Gasteiger charge is -2.36. The fourth-order valence-corrected chi connectivity index (χ4v) is 5.22. The number of phenolic OH excluding ortho intramolecular Hbond substituents is 2. The van der Waals surface area contributed by atoms with Gasteiger partial charge in [0.25, 0.3) is 0 Å². The molecule has 0 radical (unpaired) electrons. The van der Waals surface area contributed by atoms with E-state index in [9.17, 15) is 39.9 Å². The second kappa shape index (κ2) is 11.2. The van der Waals surface area contributed by atoms with E-state index in [0.717, 1.165) is 13.3 Å². The van der Waals surface area contributed by atoms with Crippen LogP contribution in [0.15, 0.2) is 18.2 Å². The van der Waals surface area contributed by atoms with Gasteiger partial charge in [0.05, 0.1) is 42.1 Å². The number of rotatable bonds is 2. The number of ketones is 3. The number of halogens is 1. The highest BCUT2D eigenvalue weighted by Gasteiger charge is 2.47. The molecule has 0 amide bonds. The SMILES string of the molecule is COc1cccc2c1C(=O)c1c(O)c3c(c(O)c1C2=O)C[C@@](O)(C(C)=O)C[C@@H]3O.C[C@@H]1OCC[C@H](N)[C@@H]1O.Cl. The highest BCUT2D eigenvalue weighted by atomic mass is 35.5. The molecular formula is C27H32ClNO10. The van der Waals surface area contributed by atoms with Crippen molar-refractivity contribution in [2.24, 2.45) is 5.73 Å². The number of carbonyl (C=O) groups is 3. The molecule has 39 heavy (non-hydrogen) atoms. The summed E-state index contributed by atoms with van der Waals surface area (Å²) in [5.41, 5.74) is 2.35. The molecule has 3 aliphatic rings. The van der Waals surface area contributed by atoms with Gasteiger partial charge in [0, 0.05) is 42.2 Å². The normalized spacial score (nSPS) is 27.2. The average Bonchev–Trinajstić information content (AvgIpc) is 2.87. The van der Waals surface area contributed by atoms with E-state index >= 15 is 0 Å². The van der Waals surface area contributed by atoms with Gasteiger partial charge in [-0.2, -0.15) is 0 Å². The number of hydrogen-bond donors (Lipinski definition) is 6. The van der Waals surface area contributed by atoms with Crippen molar-refractivity contribution in [3.05, 3.63) is 51.6 Å². The molecule has 1 heterocycles. The second-order valence-electron chi connectivity index (χ2n) is 9.88. The van der Waals surface area contributed by atoms with Crippen molar-refractivity contribution in [2.75, 3.05) is 13.7 Å². The van der Waals surface area contributed by atoms with Gasteiger partial charge in [0.1, 0.15) is 22.8 Å². The number of fused-ring (bicyclic) bond motifs is 3. The number of phenols is 2. The van der Waals surface area contributed by atoms with E-state index < -0.39 is 70.6 Å². The standard InChI is InChI=1S/C21H18O8.C6H13NO2.ClH/c1-8(22)21(28)6-10-13(11(23)7-21)19(26)16-15(18(10)25)17(24)9-4-3-5-12(29-2)14(9)20(16)27;1-4-6(8)5(7)2-3-9-4;/h3-5,11,23,25-26,28H,6-7H2,1-2H3;4-6,8H,2-3,7H2,1H3;1H/t11-,21-;4-,5-,6+;/m00./s1. The number of benzene rings is 2. The molecule has 1 fully saturated rings. The number of carbonyl (C=O) groups excluding carboxylic acids is 3. The van der Waals surface area contributed by atoms with Gasteiger partial charge >= 0.3 is 0 Å². The molecule has 2 aliphatic carbocycles. The van der Waals surface area contributed by atoms with E-state index in [2.05, 4.69) is 0 Å². The molecule has 5 atom stereocenters. The summed E-state index contributed by atoms with van der Waals surface area (Å²) in [5.74, 6) is -3.23. The summed E-state index contributed by atoms with van der Waals surface area (Å²) in [6, 6.07) is 4.32. The van der Waals surface area contributed by atoms with Crippen LogP contribution in [0.4, 0.5) is 0 Å². The molecule has 0 spiro atoms. The Kier molecular flexibility index (Phi) is 8.76. The number of hydrogen-bond acceptors (Lipinski definition) is 11. The Bertz CT molecular complexity index is 1320. The molecule has 212 valence electrons. The lowest BCUT2D eigenvalue weighted by molar-refractivity contribution is -0.139. The number of aliphatic hydroxyl groups excluding tert-OH is 2. The first kappa shape index (κ1) is 30.5. The van der Waals surface area contributed by atoms with Crippen LogP contribution in [0.3, 0.4) is 0 Å². The number of aromatic hydroxyl groups is 2. The van der Waals surface area contributed by atoms with Crippen molar-refractivity contribution >= 4 is 29.8 Å². The first-order chi connectivity index (χ1) is 17.8. The largest absolute Gasteiger partial charge is 0.507 e. The zero-order valence-electron chi connectivity index (χ0n) is 21.6. The Morgan fingerprint density at radius 1 is 1.10 bits per heavy atom. The lowest BCUT2D eigenvalue weighted by Crippen LogP contribution is -2.47. The Morgan fingerprint density at radius 2 is 1.74 bits per heavy atom. The monoisotopic (exact) mass is 565 g/mol. The summed E-state index contributed by atoms with van der Waals surface area (Å²) in [6.45, 7) is 3.66. The molecule has 12 heteroatoms. The van der Waals surface area contributed by atoms with Crippen molar-refractivity contribution < 1.29 is 49.4 Å². The summed E-state index contributed by atoms with van der Waals surface area (Å²) < 4.78 is 10.3. The summed E-state index contributed by atoms with van der Waals surface area (Å²) in [5, 5.41) is 51.9. The maximum absolute atomic E-state index is 13.1. The molecule has 1 saturated heterocycles. The van der Waals surface area contributed by atoms with E-state index in [1.165, 1.54) is 25.3 Å². The van der Waals surface area contributed by atoms with Crippen molar-refractivity contribution in [1.82, 2.24) is 0 Å². The third-order valence-electron chi connectivity index (χ3n) is 7.50. The predicted molar refractivity (Wildman–Crippen MR) is 140 cm³/mol. The van der Waals surface area contributed by atoms with E-state index in [0.29, 0.717) is 6.61 Å².